The van der Waals surface area contributed by atoms with Crippen molar-refractivity contribution in [1.29, 1.82) is 0 Å². The van der Waals surface area contributed by atoms with Gasteiger partial charge in [-0.05, 0) is 0 Å². The number of quaternary nitrogens is 1. The zero-order chi connectivity index (χ0) is 9.90. The first-order chi connectivity index (χ1) is 5.99. The molecule has 0 aliphatic rings. The fraction of sp³-hybridized carbons (Fsp3) is 0.364. The molecule has 1 aromatic carbocycles. The predicted molar refractivity (Wildman–Crippen MR) is 53.7 cm³/mol. The summed E-state index contributed by atoms with van der Waals surface area (Å²) in [5.41, 5.74) is 0.801. The molecule has 3 heteroatoms. The second kappa shape index (κ2) is 5.46. The van der Waals surface area contributed by atoms with Crippen molar-refractivity contribution in [3.8, 4) is 0 Å². The molecule has 0 aliphatic heterocycles. The molecule has 0 atom stereocenters. The summed E-state index contributed by atoms with van der Waals surface area (Å²) >= 11 is 0. The summed E-state index contributed by atoms with van der Waals surface area (Å²) in [4.78, 5) is 11.6. The second-order valence-corrected chi connectivity index (χ2v) is 4.24. The molecule has 2 nitrogen and oxygen atoms in total. The van der Waals surface area contributed by atoms with Crippen molar-refractivity contribution >= 4 is 5.78 Å². The van der Waals surface area contributed by atoms with E-state index in [1.807, 2.05) is 51.5 Å². The fourth-order valence-electron chi connectivity index (χ4n) is 1.15. The highest BCUT2D eigenvalue weighted by atomic mass is 127. The molecule has 0 unspecified atom stereocenters. The molecule has 0 aromatic heterocycles. The number of Topliss-reactive ketones (excluding diaryl/α,β-unsaturated/α-hetero) is 1. The van der Waals surface area contributed by atoms with Crippen molar-refractivity contribution in [1.82, 2.24) is 0 Å². The number of ketones is 1. The molecule has 0 aliphatic carbocycles. The third-order valence-corrected chi connectivity index (χ3v) is 1.71. The minimum absolute atomic E-state index is 0. The van der Waals surface area contributed by atoms with E-state index in [0.717, 1.165) is 5.56 Å². The number of hydrogen-bond donors (Lipinski definition) is 0. The molecular weight excluding hydrogens is 289 g/mol. The van der Waals surface area contributed by atoms with Gasteiger partial charge in [-0.15, -0.1) is 0 Å². The smallest absolute Gasteiger partial charge is 0.216 e. The van der Waals surface area contributed by atoms with E-state index in [-0.39, 0.29) is 29.8 Å². The van der Waals surface area contributed by atoms with Gasteiger partial charge in [-0.1, -0.05) is 30.3 Å². The highest BCUT2D eigenvalue weighted by Gasteiger charge is 2.15. The number of benzene rings is 1. The Morgan fingerprint density at radius 2 is 1.64 bits per heavy atom. The first kappa shape index (κ1) is 13.6. The standard InChI is InChI=1S/C11H16NO.HI/c1-12(2,3)9-11(13)10-7-5-4-6-8-10;/h4-8H,9H2,1-3H3;1H/q+1;/p-1. The summed E-state index contributed by atoms with van der Waals surface area (Å²) < 4.78 is 0.674. The molecule has 78 valence electrons. The van der Waals surface area contributed by atoms with Crippen molar-refractivity contribution in [3.05, 3.63) is 35.9 Å². The SMILES string of the molecule is C[N+](C)(C)CC(=O)c1ccccc1.[I-]. The lowest BCUT2D eigenvalue weighted by Gasteiger charge is -2.22. The summed E-state index contributed by atoms with van der Waals surface area (Å²) in [6.07, 6.45) is 0. The maximum absolute atomic E-state index is 11.6. The zero-order valence-corrected chi connectivity index (χ0v) is 11.0. The lowest BCUT2D eigenvalue weighted by Crippen LogP contribution is -3.00. The summed E-state index contributed by atoms with van der Waals surface area (Å²) in [7, 11) is 6.04. The van der Waals surface area contributed by atoms with E-state index < -0.39 is 0 Å². The van der Waals surface area contributed by atoms with Crippen LogP contribution in [0.25, 0.3) is 0 Å². The minimum Gasteiger partial charge on any atom is -1.00 e. The van der Waals surface area contributed by atoms with Crippen LogP contribution in [-0.2, 0) is 0 Å². The molecule has 0 saturated carbocycles. The maximum Gasteiger partial charge on any atom is 0.216 e. The second-order valence-electron chi connectivity index (χ2n) is 4.24. The topological polar surface area (TPSA) is 17.1 Å². The van der Waals surface area contributed by atoms with E-state index in [0.29, 0.717) is 11.0 Å². The molecule has 14 heavy (non-hydrogen) atoms. The predicted octanol–water partition coefficient (Wildman–Crippen LogP) is -1.42. The highest BCUT2D eigenvalue weighted by molar-refractivity contribution is 5.96. The lowest BCUT2D eigenvalue weighted by atomic mass is 10.1. The van der Waals surface area contributed by atoms with Gasteiger partial charge in [0.05, 0.1) is 21.1 Å². The highest BCUT2D eigenvalue weighted by Crippen LogP contribution is 2.02. The number of carbonyl (C=O) groups excluding carboxylic acids is 1. The van der Waals surface area contributed by atoms with Crippen LogP contribution in [-0.4, -0.2) is 38.0 Å². The van der Waals surface area contributed by atoms with E-state index >= 15 is 0 Å². The van der Waals surface area contributed by atoms with Crippen LogP contribution >= 0.6 is 0 Å². The Bertz CT molecular complexity index is 290. The summed E-state index contributed by atoms with van der Waals surface area (Å²) in [6.45, 7) is 0.546. The summed E-state index contributed by atoms with van der Waals surface area (Å²) in [6, 6.07) is 9.42. The van der Waals surface area contributed by atoms with Crippen LogP contribution in [0.1, 0.15) is 10.4 Å². The number of carbonyl (C=O) groups is 1. The first-order valence-electron chi connectivity index (χ1n) is 4.38. The van der Waals surface area contributed by atoms with Gasteiger partial charge in [0.25, 0.3) is 0 Å². The maximum atomic E-state index is 11.6. The van der Waals surface area contributed by atoms with Crippen molar-refractivity contribution in [3.63, 3.8) is 0 Å². The Morgan fingerprint density at radius 1 is 1.14 bits per heavy atom. The molecule has 0 N–H and O–H groups in total. The van der Waals surface area contributed by atoms with E-state index in [1.54, 1.807) is 0 Å². The van der Waals surface area contributed by atoms with Crippen LogP contribution in [0.4, 0.5) is 0 Å². The van der Waals surface area contributed by atoms with E-state index in [4.69, 9.17) is 0 Å². The number of halogens is 1. The average molecular weight is 305 g/mol. The number of rotatable bonds is 3. The Balaban J connectivity index is 0.00000169. The Kier molecular flexibility index (Phi) is 5.29. The molecule has 0 amide bonds. The summed E-state index contributed by atoms with van der Waals surface area (Å²) in [5.74, 6) is 0.202. The van der Waals surface area contributed by atoms with Crippen LogP contribution in [0.2, 0.25) is 0 Å². The molecular formula is C11H16INO. The van der Waals surface area contributed by atoms with Gasteiger partial charge >= 0.3 is 0 Å². The summed E-state index contributed by atoms with van der Waals surface area (Å²) in [5, 5.41) is 0. The van der Waals surface area contributed by atoms with E-state index in [1.165, 1.54) is 0 Å². The Hall–Kier alpha value is -0.420. The lowest BCUT2D eigenvalue weighted by molar-refractivity contribution is -0.861. The molecule has 0 radical (unpaired) electrons. The van der Waals surface area contributed by atoms with Gasteiger partial charge in [0.15, 0.2) is 0 Å². The number of hydrogen-bond acceptors (Lipinski definition) is 1. The molecule has 1 aromatic rings. The van der Waals surface area contributed by atoms with Crippen LogP contribution in [0, 0.1) is 0 Å². The molecule has 0 spiro atoms. The van der Waals surface area contributed by atoms with E-state index in [2.05, 4.69) is 0 Å². The average Bonchev–Trinajstić information content (AvgIpc) is 2.03. The van der Waals surface area contributed by atoms with Gasteiger partial charge in [0.2, 0.25) is 5.78 Å². The van der Waals surface area contributed by atoms with Gasteiger partial charge in [-0.25, -0.2) is 0 Å². The molecule has 1 rings (SSSR count). The van der Waals surface area contributed by atoms with Gasteiger partial charge < -0.3 is 28.5 Å². The Morgan fingerprint density at radius 3 is 2.07 bits per heavy atom. The Labute approximate surface area is 103 Å². The van der Waals surface area contributed by atoms with Crippen LogP contribution in [0.5, 0.6) is 0 Å². The quantitative estimate of drug-likeness (QED) is 0.381. The first-order valence-corrected chi connectivity index (χ1v) is 4.38. The van der Waals surface area contributed by atoms with Gasteiger partial charge in [-0.3, -0.25) is 4.79 Å². The molecule has 0 heterocycles. The van der Waals surface area contributed by atoms with Gasteiger partial charge in [0.1, 0.15) is 6.54 Å². The monoisotopic (exact) mass is 305 g/mol. The normalized spacial score (nSPS) is 10.5. The molecule has 0 saturated heterocycles. The fourth-order valence-corrected chi connectivity index (χ4v) is 1.15. The number of nitrogens with zero attached hydrogens (tertiary/aromatic N) is 1. The number of likely N-dealkylation sites (N-methyl/N-ethyl adjacent to an activating group) is 1. The zero-order valence-electron chi connectivity index (χ0n) is 8.83. The van der Waals surface area contributed by atoms with Gasteiger partial charge in [0, 0.05) is 5.56 Å². The van der Waals surface area contributed by atoms with Crippen LogP contribution < -0.4 is 24.0 Å². The van der Waals surface area contributed by atoms with E-state index in [9.17, 15) is 4.79 Å². The van der Waals surface area contributed by atoms with Crippen molar-refractivity contribution in [2.45, 2.75) is 0 Å². The third-order valence-electron chi connectivity index (χ3n) is 1.71. The molecule has 0 bridgehead atoms. The largest absolute Gasteiger partial charge is 1.00 e. The van der Waals surface area contributed by atoms with Crippen LogP contribution in [0.3, 0.4) is 0 Å². The van der Waals surface area contributed by atoms with Gasteiger partial charge in [-0.2, -0.15) is 0 Å². The van der Waals surface area contributed by atoms with Crippen LogP contribution in [0.15, 0.2) is 30.3 Å². The third kappa shape index (κ3) is 4.72. The van der Waals surface area contributed by atoms with Crippen molar-refractivity contribution < 1.29 is 33.3 Å². The molecule has 0 fully saturated rings. The minimum atomic E-state index is 0. The van der Waals surface area contributed by atoms with Crippen molar-refractivity contribution in [2.24, 2.45) is 0 Å². The van der Waals surface area contributed by atoms with Crippen molar-refractivity contribution in [2.75, 3.05) is 27.7 Å².